The predicted octanol–water partition coefficient (Wildman–Crippen LogP) is 1.96. The number of piperazine rings is 1. The third-order valence-corrected chi connectivity index (χ3v) is 5.14. The van der Waals surface area contributed by atoms with Gasteiger partial charge in [-0.2, -0.15) is 0 Å². The lowest BCUT2D eigenvalue weighted by Crippen LogP contribution is -2.50. The van der Waals surface area contributed by atoms with Crippen LogP contribution in [0.3, 0.4) is 0 Å². The van der Waals surface area contributed by atoms with Gasteiger partial charge in [-0.3, -0.25) is 9.59 Å². The van der Waals surface area contributed by atoms with Crippen molar-refractivity contribution in [3.8, 4) is 0 Å². The van der Waals surface area contributed by atoms with Gasteiger partial charge < -0.3 is 15.1 Å². The molecule has 1 aromatic rings. The summed E-state index contributed by atoms with van der Waals surface area (Å²) < 4.78 is 0. The van der Waals surface area contributed by atoms with Gasteiger partial charge in [0.15, 0.2) is 0 Å². The highest BCUT2D eigenvalue weighted by molar-refractivity contribution is 5.97. The first-order valence-electron chi connectivity index (χ1n) is 9.45. The summed E-state index contributed by atoms with van der Waals surface area (Å²) in [4.78, 5) is 32.9. The van der Waals surface area contributed by atoms with Crippen LogP contribution in [-0.4, -0.2) is 53.9 Å². The van der Waals surface area contributed by atoms with Crippen LogP contribution in [0.5, 0.6) is 0 Å². The molecule has 136 valence electrons. The number of aromatic nitrogens is 1. The van der Waals surface area contributed by atoms with E-state index in [4.69, 9.17) is 0 Å². The number of carbonyl (C=O) groups is 2. The highest BCUT2D eigenvalue weighted by Gasteiger charge is 2.24. The Bertz CT molecular complexity index is 562. The molecule has 1 aromatic heterocycles. The third kappa shape index (κ3) is 5.18. The Labute approximate surface area is 149 Å². The van der Waals surface area contributed by atoms with Crippen LogP contribution in [-0.2, 0) is 9.59 Å². The van der Waals surface area contributed by atoms with E-state index in [0.29, 0.717) is 13.1 Å². The van der Waals surface area contributed by atoms with Crippen molar-refractivity contribution in [2.24, 2.45) is 0 Å². The van der Waals surface area contributed by atoms with Crippen LogP contribution in [0.1, 0.15) is 44.9 Å². The standard InChI is InChI=1S/C19H28N4O2/c24-18(21-16-7-3-1-2-4-8-16)15-19(25)23-13-11-22(12-14-23)17-9-5-6-10-20-17/h5-6,9-10,16H,1-4,7-8,11-15H2,(H,21,24). The maximum absolute atomic E-state index is 12.4. The number of carbonyl (C=O) groups excluding carboxylic acids is 2. The van der Waals surface area contributed by atoms with E-state index in [0.717, 1.165) is 31.7 Å². The van der Waals surface area contributed by atoms with Gasteiger partial charge >= 0.3 is 0 Å². The lowest BCUT2D eigenvalue weighted by molar-refractivity contribution is -0.136. The van der Waals surface area contributed by atoms with Crippen LogP contribution < -0.4 is 10.2 Å². The zero-order valence-electron chi connectivity index (χ0n) is 14.8. The van der Waals surface area contributed by atoms with E-state index in [9.17, 15) is 9.59 Å². The minimum Gasteiger partial charge on any atom is -0.353 e. The number of nitrogens with zero attached hydrogens (tertiary/aromatic N) is 3. The average Bonchev–Trinajstić information content (AvgIpc) is 2.91. The summed E-state index contributed by atoms with van der Waals surface area (Å²) in [6.07, 6.45) is 8.70. The van der Waals surface area contributed by atoms with Crippen LogP contribution in [0.2, 0.25) is 0 Å². The van der Waals surface area contributed by atoms with Crippen LogP contribution in [0, 0.1) is 0 Å². The lowest BCUT2D eigenvalue weighted by Gasteiger charge is -2.35. The smallest absolute Gasteiger partial charge is 0.232 e. The molecular formula is C19H28N4O2. The second-order valence-electron chi connectivity index (χ2n) is 6.99. The molecular weight excluding hydrogens is 316 g/mol. The van der Waals surface area contributed by atoms with Gasteiger partial charge in [0.1, 0.15) is 12.2 Å². The summed E-state index contributed by atoms with van der Waals surface area (Å²) in [6.45, 7) is 2.80. The zero-order chi connectivity index (χ0) is 17.5. The van der Waals surface area contributed by atoms with Crippen molar-refractivity contribution in [1.82, 2.24) is 15.2 Å². The Kier molecular flexibility index (Phi) is 6.25. The van der Waals surface area contributed by atoms with Crippen molar-refractivity contribution in [2.45, 2.75) is 51.0 Å². The molecule has 2 amide bonds. The number of hydrogen-bond acceptors (Lipinski definition) is 4. The van der Waals surface area contributed by atoms with E-state index in [1.165, 1.54) is 25.7 Å². The Hall–Kier alpha value is -2.11. The highest BCUT2D eigenvalue weighted by atomic mass is 16.2. The summed E-state index contributed by atoms with van der Waals surface area (Å²) in [5.41, 5.74) is 0. The van der Waals surface area contributed by atoms with Gasteiger partial charge in [0.25, 0.3) is 0 Å². The number of rotatable bonds is 4. The molecule has 3 rings (SSSR count). The van der Waals surface area contributed by atoms with Gasteiger partial charge in [-0.15, -0.1) is 0 Å². The van der Waals surface area contributed by atoms with Crippen LogP contribution in [0.4, 0.5) is 5.82 Å². The lowest BCUT2D eigenvalue weighted by atomic mass is 10.1. The molecule has 1 aliphatic carbocycles. The maximum atomic E-state index is 12.4. The second kappa shape index (κ2) is 8.83. The maximum Gasteiger partial charge on any atom is 0.232 e. The fourth-order valence-electron chi connectivity index (χ4n) is 3.68. The van der Waals surface area contributed by atoms with Crippen molar-refractivity contribution >= 4 is 17.6 Å². The molecule has 2 aliphatic rings. The Morgan fingerprint density at radius 2 is 1.76 bits per heavy atom. The normalized spacial score (nSPS) is 19.4. The van der Waals surface area contributed by atoms with Crippen LogP contribution in [0.15, 0.2) is 24.4 Å². The van der Waals surface area contributed by atoms with Crippen LogP contribution in [0.25, 0.3) is 0 Å². The topological polar surface area (TPSA) is 65.5 Å². The third-order valence-electron chi connectivity index (χ3n) is 5.14. The molecule has 2 heterocycles. The van der Waals surface area contributed by atoms with E-state index in [1.807, 2.05) is 18.2 Å². The summed E-state index contributed by atoms with van der Waals surface area (Å²) >= 11 is 0. The fourth-order valence-corrected chi connectivity index (χ4v) is 3.68. The Morgan fingerprint density at radius 3 is 2.40 bits per heavy atom. The predicted molar refractivity (Wildman–Crippen MR) is 97.3 cm³/mol. The van der Waals surface area contributed by atoms with Gasteiger partial charge in [-0.1, -0.05) is 31.7 Å². The molecule has 0 unspecified atom stereocenters. The van der Waals surface area contributed by atoms with E-state index in [2.05, 4.69) is 15.2 Å². The van der Waals surface area contributed by atoms with Crippen molar-refractivity contribution in [2.75, 3.05) is 31.1 Å². The number of nitrogens with one attached hydrogen (secondary N) is 1. The Balaban J connectivity index is 1.42. The summed E-state index contributed by atoms with van der Waals surface area (Å²) in [5, 5.41) is 3.06. The van der Waals surface area contributed by atoms with E-state index in [1.54, 1.807) is 11.1 Å². The SMILES string of the molecule is O=C(CC(=O)N1CCN(c2ccccn2)CC1)NC1CCCCCC1. The number of anilines is 1. The highest BCUT2D eigenvalue weighted by Crippen LogP contribution is 2.17. The molecule has 25 heavy (non-hydrogen) atoms. The molecule has 2 fully saturated rings. The molecule has 1 saturated heterocycles. The van der Waals surface area contributed by atoms with Crippen molar-refractivity contribution in [1.29, 1.82) is 0 Å². The number of amides is 2. The van der Waals surface area contributed by atoms with E-state index < -0.39 is 0 Å². The molecule has 0 radical (unpaired) electrons. The summed E-state index contributed by atoms with van der Waals surface area (Å²) in [5.74, 6) is 0.761. The monoisotopic (exact) mass is 344 g/mol. The molecule has 1 saturated carbocycles. The first-order chi connectivity index (χ1) is 12.2. The molecule has 0 aromatic carbocycles. The second-order valence-corrected chi connectivity index (χ2v) is 6.99. The van der Waals surface area contributed by atoms with Crippen molar-refractivity contribution < 1.29 is 9.59 Å². The first-order valence-corrected chi connectivity index (χ1v) is 9.45. The van der Waals surface area contributed by atoms with E-state index >= 15 is 0 Å². The van der Waals surface area contributed by atoms with Gasteiger partial charge in [-0.25, -0.2) is 4.98 Å². The molecule has 6 nitrogen and oxygen atoms in total. The van der Waals surface area contributed by atoms with Crippen LogP contribution >= 0.6 is 0 Å². The number of hydrogen-bond donors (Lipinski definition) is 1. The fraction of sp³-hybridized carbons (Fsp3) is 0.632. The molecule has 1 aliphatic heterocycles. The van der Waals surface area contributed by atoms with Gasteiger partial charge in [0.05, 0.1) is 0 Å². The molecule has 0 bridgehead atoms. The molecule has 0 spiro atoms. The minimum absolute atomic E-state index is 0.0277. The largest absolute Gasteiger partial charge is 0.353 e. The average molecular weight is 344 g/mol. The minimum atomic E-state index is -0.121. The zero-order valence-corrected chi connectivity index (χ0v) is 14.8. The molecule has 1 N–H and O–H groups in total. The van der Waals surface area contributed by atoms with Crippen molar-refractivity contribution in [3.63, 3.8) is 0 Å². The van der Waals surface area contributed by atoms with Gasteiger partial charge in [0, 0.05) is 38.4 Å². The van der Waals surface area contributed by atoms with Crippen molar-refractivity contribution in [3.05, 3.63) is 24.4 Å². The van der Waals surface area contributed by atoms with Gasteiger partial charge in [-0.05, 0) is 25.0 Å². The number of pyridine rings is 1. The summed E-state index contributed by atoms with van der Waals surface area (Å²) in [6, 6.07) is 6.11. The molecule has 0 atom stereocenters. The van der Waals surface area contributed by atoms with Gasteiger partial charge in [0.2, 0.25) is 11.8 Å². The Morgan fingerprint density at radius 1 is 1.04 bits per heavy atom. The summed E-state index contributed by atoms with van der Waals surface area (Å²) in [7, 11) is 0. The molecule has 6 heteroatoms. The quantitative estimate of drug-likeness (QED) is 0.670. The first kappa shape index (κ1) is 17.7. The van der Waals surface area contributed by atoms with E-state index in [-0.39, 0.29) is 24.3 Å².